The topological polar surface area (TPSA) is 149 Å². The van der Waals surface area contributed by atoms with Crippen molar-refractivity contribution in [1.82, 2.24) is 0 Å². The number of carbonyl (C=O) groups is 2. The predicted octanol–water partition coefficient (Wildman–Crippen LogP) is 7.27. The van der Waals surface area contributed by atoms with Crippen LogP contribution in [0.25, 0.3) is 0 Å². The van der Waals surface area contributed by atoms with Gasteiger partial charge in [-0.15, -0.1) is 0 Å². The molecule has 0 aliphatic rings. The second-order valence-corrected chi connectivity index (χ2v) is 12.3. The summed E-state index contributed by atoms with van der Waals surface area (Å²) in [6.07, 6.45) is 26.0. The number of aliphatic hydroxyl groups is 2. The molecule has 0 aromatic rings. The highest BCUT2D eigenvalue weighted by Crippen LogP contribution is 2.43. The van der Waals surface area contributed by atoms with Gasteiger partial charge in [0, 0.05) is 12.8 Å². The van der Waals surface area contributed by atoms with Crippen molar-refractivity contribution in [3.05, 3.63) is 36.5 Å². The summed E-state index contributed by atoms with van der Waals surface area (Å²) in [6, 6.07) is 0. The van der Waals surface area contributed by atoms with Crippen LogP contribution in [0, 0.1) is 0 Å². The number of hydrogen-bond acceptors (Lipinski definition) is 9. The molecule has 0 saturated carbocycles. The molecule has 2 unspecified atom stereocenters. The summed E-state index contributed by atoms with van der Waals surface area (Å²) in [5.74, 6) is -1.07. The van der Waals surface area contributed by atoms with Crippen LogP contribution in [0.2, 0.25) is 0 Å². The van der Waals surface area contributed by atoms with Gasteiger partial charge in [-0.05, 0) is 44.9 Å². The molecule has 0 aliphatic heterocycles. The van der Waals surface area contributed by atoms with E-state index in [0.29, 0.717) is 12.8 Å². The van der Waals surface area contributed by atoms with Crippen LogP contribution in [-0.4, -0.2) is 65.7 Å². The van der Waals surface area contributed by atoms with Crippen molar-refractivity contribution < 1.29 is 47.8 Å². The third kappa shape index (κ3) is 28.9. The number of phosphoric ester groups is 1. The number of phosphoric acid groups is 1. The van der Waals surface area contributed by atoms with Gasteiger partial charge in [0.1, 0.15) is 12.7 Å². The molecule has 10 nitrogen and oxygen atoms in total. The summed E-state index contributed by atoms with van der Waals surface area (Å²) in [6.45, 7) is 2.16. The molecular weight excluding hydrogens is 587 g/mol. The van der Waals surface area contributed by atoms with Gasteiger partial charge >= 0.3 is 19.8 Å². The van der Waals surface area contributed by atoms with Gasteiger partial charge in [0.2, 0.25) is 0 Å². The first-order valence-corrected chi connectivity index (χ1v) is 17.9. The van der Waals surface area contributed by atoms with E-state index >= 15 is 0 Å². The molecule has 0 saturated heterocycles. The summed E-state index contributed by atoms with van der Waals surface area (Å²) in [4.78, 5) is 34.4. The maximum Gasteiger partial charge on any atom is 0.472 e. The first-order valence-electron chi connectivity index (χ1n) is 16.4. The summed E-state index contributed by atoms with van der Waals surface area (Å²) in [5.41, 5.74) is 0. The van der Waals surface area contributed by atoms with Crippen LogP contribution < -0.4 is 0 Å². The minimum atomic E-state index is -4.62. The Morgan fingerprint density at radius 3 is 1.82 bits per heavy atom. The number of ether oxygens (including phenoxy) is 2. The number of esters is 2. The summed E-state index contributed by atoms with van der Waals surface area (Å²) >= 11 is 0. The standard InChI is InChI=1S/C33H59O10P/c1-3-5-7-9-11-13-14-15-16-17-19-21-23-25-33(37)43-31(29-42-44(38,39)41-27-30(35)26-34)28-40-32(36)24-22-20-18-12-10-8-6-4-2/h15-16,18-21,30-31,34-35H,3-14,17,22-29H2,1-2H3,(H,38,39)/b16-15+,20-18+,21-19+/t30-,31?/m0/s1. The zero-order chi connectivity index (χ0) is 32.7. The van der Waals surface area contributed by atoms with Gasteiger partial charge in [-0.1, -0.05) is 102 Å². The zero-order valence-corrected chi connectivity index (χ0v) is 28.0. The molecule has 3 N–H and O–H groups in total. The normalized spacial score (nSPS) is 14.8. The van der Waals surface area contributed by atoms with Crippen molar-refractivity contribution in [3.63, 3.8) is 0 Å². The molecule has 0 aromatic carbocycles. The van der Waals surface area contributed by atoms with Crippen molar-refractivity contribution >= 4 is 19.8 Å². The molecule has 3 atom stereocenters. The third-order valence-corrected chi connectivity index (χ3v) is 7.49. The molecule has 256 valence electrons. The van der Waals surface area contributed by atoms with Gasteiger partial charge in [-0.2, -0.15) is 0 Å². The first kappa shape index (κ1) is 42.2. The quantitative estimate of drug-likeness (QED) is 0.0315. The fourth-order valence-electron chi connectivity index (χ4n) is 3.94. The molecule has 0 aliphatic carbocycles. The highest BCUT2D eigenvalue weighted by molar-refractivity contribution is 7.47. The van der Waals surface area contributed by atoms with E-state index in [-0.39, 0.29) is 19.4 Å². The lowest BCUT2D eigenvalue weighted by Gasteiger charge is -2.20. The van der Waals surface area contributed by atoms with Gasteiger partial charge < -0.3 is 24.6 Å². The maximum absolute atomic E-state index is 12.4. The second kappa shape index (κ2) is 29.9. The Morgan fingerprint density at radius 2 is 1.18 bits per heavy atom. The molecular formula is C33H59O10P. The van der Waals surface area contributed by atoms with E-state index in [1.165, 1.54) is 57.8 Å². The van der Waals surface area contributed by atoms with Gasteiger partial charge in [0.15, 0.2) is 6.10 Å². The average molecular weight is 647 g/mol. The van der Waals surface area contributed by atoms with Crippen LogP contribution >= 0.6 is 7.82 Å². The van der Waals surface area contributed by atoms with Crippen LogP contribution in [-0.2, 0) is 32.7 Å². The molecule has 0 heterocycles. The van der Waals surface area contributed by atoms with Crippen molar-refractivity contribution in [3.8, 4) is 0 Å². The van der Waals surface area contributed by atoms with Crippen molar-refractivity contribution in [2.24, 2.45) is 0 Å². The zero-order valence-electron chi connectivity index (χ0n) is 27.1. The van der Waals surface area contributed by atoms with Gasteiger partial charge in [0.25, 0.3) is 0 Å². The smallest absolute Gasteiger partial charge is 0.462 e. The summed E-state index contributed by atoms with van der Waals surface area (Å²) < 4.78 is 32.2. The molecule has 0 radical (unpaired) electrons. The molecule has 0 rings (SSSR count). The Kier molecular flexibility index (Phi) is 28.6. The van der Waals surface area contributed by atoms with Crippen molar-refractivity contribution in [1.29, 1.82) is 0 Å². The second-order valence-electron chi connectivity index (χ2n) is 10.8. The lowest BCUT2D eigenvalue weighted by atomic mass is 10.1. The lowest BCUT2D eigenvalue weighted by molar-refractivity contribution is -0.161. The van der Waals surface area contributed by atoms with Crippen LogP contribution in [0.15, 0.2) is 36.5 Å². The Labute approximate surface area is 265 Å². The van der Waals surface area contributed by atoms with E-state index in [0.717, 1.165) is 25.7 Å². The lowest BCUT2D eigenvalue weighted by Crippen LogP contribution is -2.29. The largest absolute Gasteiger partial charge is 0.472 e. The van der Waals surface area contributed by atoms with Gasteiger partial charge in [0.05, 0.1) is 19.8 Å². The highest BCUT2D eigenvalue weighted by Gasteiger charge is 2.27. The van der Waals surface area contributed by atoms with E-state index in [9.17, 15) is 24.2 Å². The minimum Gasteiger partial charge on any atom is -0.462 e. The van der Waals surface area contributed by atoms with Crippen LogP contribution in [0.5, 0.6) is 0 Å². The first-order chi connectivity index (χ1) is 21.2. The molecule has 0 bridgehead atoms. The summed E-state index contributed by atoms with van der Waals surface area (Å²) in [7, 11) is -4.62. The number of aliphatic hydroxyl groups excluding tert-OH is 2. The monoisotopic (exact) mass is 646 g/mol. The molecule has 0 fully saturated rings. The maximum atomic E-state index is 12.4. The average Bonchev–Trinajstić information content (AvgIpc) is 3.00. The van der Waals surface area contributed by atoms with E-state index in [1.54, 1.807) is 0 Å². The Balaban J connectivity index is 4.59. The minimum absolute atomic E-state index is 0.0709. The van der Waals surface area contributed by atoms with E-state index < -0.39 is 51.8 Å². The fraction of sp³-hybridized carbons (Fsp3) is 0.758. The molecule has 0 aromatic heterocycles. The number of rotatable bonds is 30. The summed E-state index contributed by atoms with van der Waals surface area (Å²) in [5, 5.41) is 18.2. The van der Waals surface area contributed by atoms with Crippen molar-refractivity contribution in [2.75, 3.05) is 26.4 Å². The van der Waals surface area contributed by atoms with Gasteiger partial charge in [-0.3, -0.25) is 18.6 Å². The van der Waals surface area contributed by atoms with E-state index in [2.05, 4.69) is 36.6 Å². The SMILES string of the molecule is CCCCCC/C=C/CCC(=O)OCC(COP(=O)(O)OC[C@@H](O)CO)OC(=O)CC/C=C/C/C=C/CCCCCCCC. The van der Waals surface area contributed by atoms with Crippen LogP contribution in [0.3, 0.4) is 0 Å². The third-order valence-electron chi connectivity index (χ3n) is 6.54. The predicted molar refractivity (Wildman–Crippen MR) is 173 cm³/mol. The number of unbranched alkanes of at least 4 members (excludes halogenated alkanes) is 10. The molecule has 0 spiro atoms. The Hall–Kier alpha value is -1.81. The highest BCUT2D eigenvalue weighted by atomic mass is 31.2. The fourth-order valence-corrected chi connectivity index (χ4v) is 4.73. The van der Waals surface area contributed by atoms with Crippen LogP contribution in [0.1, 0.15) is 123 Å². The van der Waals surface area contributed by atoms with E-state index in [1.807, 2.05) is 18.2 Å². The number of allylic oxidation sites excluding steroid dienone is 6. The number of carbonyl (C=O) groups excluding carboxylic acids is 2. The Morgan fingerprint density at radius 1 is 0.682 bits per heavy atom. The van der Waals surface area contributed by atoms with Gasteiger partial charge in [-0.25, -0.2) is 4.57 Å². The Bertz CT molecular complexity index is 842. The van der Waals surface area contributed by atoms with Crippen molar-refractivity contribution in [2.45, 2.75) is 135 Å². The van der Waals surface area contributed by atoms with Crippen LogP contribution in [0.4, 0.5) is 0 Å². The van der Waals surface area contributed by atoms with E-state index in [4.69, 9.17) is 19.1 Å². The molecule has 44 heavy (non-hydrogen) atoms. The number of hydrogen-bond donors (Lipinski definition) is 3. The molecule has 0 amide bonds. The molecule has 11 heteroatoms.